The van der Waals surface area contributed by atoms with Gasteiger partial charge in [-0.25, -0.2) is 9.59 Å². The second-order valence-electron chi connectivity index (χ2n) is 7.49. The molecule has 0 fully saturated rings. The molecule has 0 aromatic heterocycles. The average Bonchev–Trinajstić information content (AvgIpc) is 3.15. The summed E-state index contributed by atoms with van der Waals surface area (Å²) >= 11 is 0. The zero-order valence-electron chi connectivity index (χ0n) is 19.2. The highest BCUT2D eigenvalue weighted by molar-refractivity contribution is 6.04. The highest BCUT2D eigenvalue weighted by Gasteiger charge is 2.11. The van der Waals surface area contributed by atoms with Gasteiger partial charge in [-0.3, -0.25) is 4.79 Å². The smallest absolute Gasteiger partial charge is 0.338 e. The number of ether oxygens (including phenoxy) is 2. The molecular weight excluding hydrogens is 446 g/mol. The van der Waals surface area contributed by atoms with Crippen LogP contribution in [0, 0.1) is 0 Å². The molecule has 1 N–H and O–H groups in total. The number of allylic oxidation sites excluding steroid dienone is 4. The van der Waals surface area contributed by atoms with Crippen molar-refractivity contribution in [2.75, 3.05) is 18.5 Å². The molecule has 0 radical (unpaired) electrons. The minimum absolute atomic E-state index is 0.0652. The van der Waals surface area contributed by atoms with Gasteiger partial charge in [0.05, 0.1) is 11.3 Å². The molecule has 178 valence electrons. The molecule has 1 aliphatic carbocycles. The van der Waals surface area contributed by atoms with Crippen LogP contribution >= 0.6 is 0 Å². The van der Waals surface area contributed by atoms with Gasteiger partial charge in [-0.1, -0.05) is 43.0 Å². The molecule has 0 saturated carbocycles. The Bertz CT molecular complexity index is 1180. The van der Waals surface area contributed by atoms with Crippen molar-refractivity contribution in [3.63, 3.8) is 0 Å². The monoisotopic (exact) mass is 471 g/mol. The Balaban J connectivity index is 1.48. The minimum atomic E-state index is -0.584. The van der Waals surface area contributed by atoms with Gasteiger partial charge in [-0.05, 0) is 55.5 Å². The zero-order valence-corrected chi connectivity index (χ0v) is 19.2. The maximum Gasteiger partial charge on any atom is 0.338 e. The Labute approximate surface area is 203 Å². The number of hydrogen-bond acceptors (Lipinski definition) is 7. The van der Waals surface area contributed by atoms with Crippen LogP contribution in [0.2, 0.25) is 0 Å². The molecule has 0 atom stereocenters. The third-order valence-electron chi connectivity index (χ3n) is 4.66. The molecule has 3 rings (SSSR count). The Kier molecular flexibility index (Phi) is 9.01. The van der Waals surface area contributed by atoms with Gasteiger partial charge in [0.2, 0.25) is 0 Å². The first-order valence-corrected chi connectivity index (χ1v) is 10.9. The standard InChI is InChI=1S/C27H25N3O5/c1-19(2)26(32)34-17-18-35-27(33)21-11-9-20(10-12-21)25(31)28-22-13-15-24(16-14-22)30-29-23-7-5-3-4-6-8-23/h3-16,23H,1,17-18H2,2H3,(H,28,31). The molecule has 0 heterocycles. The minimum Gasteiger partial charge on any atom is -0.459 e. The summed E-state index contributed by atoms with van der Waals surface area (Å²) < 4.78 is 9.92. The Morgan fingerprint density at radius 1 is 0.857 bits per heavy atom. The Morgan fingerprint density at radius 2 is 1.46 bits per heavy atom. The molecule has 1 aliphatic rings. The van der Waals surface area contributed by atoms with E-state index >= 15 is 0 Å². The van der Waals surface area contributed by atoms with Gasteiger partial charge in [-0.2, -0.15) is 10.2 Å². The second kappa shape index (κ2) is 12.6. The topological polar surface area (TPSA) is 106 Å². The summed E-state index contributed by atoms with van der Waals surface area (Å²) in [5.74, 6) is -1.45. The molecule has 0 unspecified atom stereocenters. The van der Waals surface area contributed by atoms with Crippen LogP contribution in [-0.4, -0.2) is 37.1 Å². The number of benzene rings is 2. The SMILES string of the molecule is C=C(C)C(=O)OCCOC(=O)c1ccc(C(=O)Nc2ccc(N=NC3C=CC=CC=C3)cc2)cc1. The fourth-order valence-corrected chi connectivity index (χ4v) is 2.81. The third-order valence-corrected chi connectivity index (χ3v) is 4.66. The van der Waals surface area contributed by atoms with Crippen LogP contribution in [0.1, 0.15) is 27.6 Å². The summed E-state index contributed by atoms with van der Waals surface area (Å²) in [6.07, 6.45) is 11.6. The zero-order chi connectivity index (χ0) is 25.0. The highest BCUT2D eigenvalue weighted by atomic mass is 16.6. The maximum atomic E-state index is 12.5. The van der Waals surface area contributed by atoms with E-state index in [0.717, 1.165) is 0 Å². The van der Waals surface area contributed by atoms with Gasteiger partial charge in [0.25, 0.3) is 5.91 Å². The molecule has 0 bridgehead atoms. The number of anilines is 1. The Morgan fingerprint density at radius 3 is 2.09 bits per heavy atom. The molecule has 2 aromatic rings. The molecule has 8 heteroatoms. The highest BCUT2D eigenvalue weighted by Crippen LogP contribution is 2.19. The summed E-state index contributed by atoms with van der Waals surface area (Å²) in [5.41, 5.74) is 2.18. The fraction of sp³-hybridized carbons (Fsp3) is 0.148. The van der Waals surface area contributed by atoms with Crippen LogP contribution in [0.25, 0.3) is 0 Å². The first-order valence-electron chi connectivity index (χ1n) is 10.9. The number of nitrogens with one attached hydrogen (secondary N) is 1. The molecule has 0 aliphatic heterocycles. The van der Waals surface area contributed by atoms with Crippen LogP contribution in [0.3, 0.4) is 0 Å². The van der Waals surface area contributed by atoms with E-state index in [9.17, 15) is 14.4 Å². The van der Waals surface area contributed by atoms with Crippen molar-refractivity contribution >= 4 is 29.2 Å². The quantitative estimate of drug-likeness (QED) is 0.230. The van der Waals surface area contributed by atoms with Crippen molar-refractivity contribution < 1.29 is 23.9 Å². The van der Waals surface area contributed by atoms with E-state index in [1.165, 1.54) is 31.2 Å². The molecule has 0 spiro atoms. The number of amides is 1. The molecular formula is C27H25N3O5. The van der Waals surface area contributed by atoms with E-state index in [4.69, 9.17) is 9.47 Å². The van der Waals surface area contributed by atoms with Crippen molar-refractivity contribution in [1.82, 2.24) is 0 Å². The van der Waals surface area contributed by atoms with Crippen molar-refractivity contribution in [3.05, 3.63) is 108 Å². The second-order valence-corrected chi connectivity index (χ2v) is 7.49. The molecule has 35 heavy (non-hydrogen) atoms. The number of rotatable bonds is 9. The van der Waals surface area contributed by atoms with Gasteiger partial charge in [0.1, 0.15) is 19.3 Å². The predicted molar refractivity (Wildman–Crippen MR) is 133 cm³/mol. The molecule has 2 aromatic carbocycles. The molecule has 1 amide bonds. The summed E-state index contributed by atoms with van der Waals surface area (Å²) in [4.78, 5) is 35.9. The van der Waals surface area contributed by atoms with Crippen LogP contribution < -0.4 is 5.32 Å². The van der Waals surface area contributed by atoms with E-state index in [0.29, 0.717) is 16.9 Å². The number of azo groups is 1. The lowest BCUT2D eigenvalue weighted by Crippen LogP contribution is -2.15. The average molecular weight is 472 g/mol. The number of hydrogen-bond donors (Lipinski definition) is 1. The van der Waals surface area contributed by atoms with E-state index < -0.39 is 11.9 Å². The normalized spacial score (nSPS) is 12.8. The lowest BCUT2D eigenvalue weighted by atomic mass is 10.1. The fourth-order valence-electron chi connectivity index (χ4n) is 2.81. The van der Waals surface area contributed by atoms with Crippen LogP contribution in [0.4, 0.5) is 11.4 Å². The van der Waals surface area contributed by atoms with Crippen molar-refractivity contribution in [3.8, 4) is 0 Å². The van der Waals surface area contributed by atoms with Gasteiger partial charge >= 0.3 is 11.9 Å². The van der Waals surface area contributed by atoms with Crippen LogP contribution in [0.15, 0.2) is 107 Å². The number of esters is 2. The summed E-state index contributed by atoms with van der Waals surface area (Å²) in [5, 5.41) is 11.3. The number of carbonyl (C=O) groups is 3. The van der Waals surface area contributed by atoms with E-state index in [1.807, 2.05) is 36.5 Å². The lowest BCUT2D eigenvalue weighted by molar-refractivity contribution is -0.140. The van der Waals surface area contributed by atoms with Crippen LogP contribution in [-0.2, 0) is 14.3 Å². The first-order chi connectivity index (χ1) is 16.9. The molecule has 8 nitrogen and oxygen atoms in total. The number of carbonyl (C=O) groups excluding carboxylic acids is 3. The summed E-state index contributed by atoms with van der Waals surface area (Å²) in [7, 11) is 0. The van der Waals surface area contributed by atoms with Gasteiger partial charge in [0.15, 0.2) is 0 Å². The van der Waals surface area contributed by atoms with Crippen molar-refractivity contribution in [1.29, 1.82) is 0 Å². The predicted octanol–water partition coefficient (Wildman–Crippen LogP) is 5.35. The van der Waals surface area contributed by atoms with E-state index in [-0.39, 0.29) is 36.3 Å². The largest absolute Gasteiger partial charge is 0.459 e. The van der Waals surface area contributed by atoms with Gasteiger partial charge in [0, 0.05) is 16.8 Å². The summed E-state index contributed by atoms with van der Waals surface area (Å²) in [6, 6.07) is 12.9. The van der Waals surface area contributed by atoms with Crippen LogP contribution in [0.5, 0.6) is 0 Å². The number of nitrogens with zero attached hydrogens (tertiary/aromatic N) is 2. The first kappa shape index (κ1) is 25.0. The summed E-state index contributed by atoms with van der Waals surface area (Å²) in [6.45, 7) is 4.85. The van der Waals surface area contributed by atoms with E-state index in [2.05, 4.69) is 22.1 Å². The van der Waals surface area contributed by atoms with Gasteiger partial charge in [-0.15, -0.1) is 0 Å². The Hall–Kier alpha value is -4.59. The third kappa shape index (κ3) is 8.04. The lowest BCUT2D eigenvalue weighted by Gasteiger charge is -2.08. The van der Waals surface area contributed by atoms with E-state index in [1.54, 1.807) is 24.3 Å². The maximum absolute atomic E-state index is 12.5. The van der Waals surface area contributed by atoms with Crippen molar-refractivity contribution in [2.45, 2.75) is 13.0 Å². The van der Waals surface area contributed by atoms with Crippen molar-refractivity contribution in [2.24, 2.45) is 10.2 Å². The molecule has 0 saturated heterocycles. The van der Waals surface area contributed by atoms with Gasteiger partial charge < -0.3 is 14.8 Å².